The van der Waals surface area contributed by atoms with Gasteiger partial charge in [0.05, 0.1) is 17.8 Å². The van der Waals surface area contributed by atoms with Crippen molar-refractivity contribution >= 4 is 11.7 Å². The highest BCUT2D eigenvalue weighted by Gasteiger charge is 2.21. The molecule has 0 fully saturated rings. The number of carbonyl (C=O) groups is 1. The van der Waals surface area contributed by atoms with Crippen LogP contribution in [0.15, 0.2) is 73.1 Å². The van der Waals surface area contributed by atoms with Crippen LogP contribution in [0.25, 0.3) is 5.69 Å². The van der Waals surface area contributed by atoms with Gasteiger partial charge in [0.15, 0.2) is 11.6 Å². The molecule has 2 aromatic carbocycles. The van der Waals surface area contributed by atoms with E-state index in [1.807, 2.05) is 37.3 Å². The van der Waals surface area contributed by atoms with Gasteiger partial charge in [0.25, 0.3) is 0 Å². The van der Waals surface area contributed by atoms with Gasteiger partial charge in [0.1, 0.15) is 11.6 Å². The molecule has 0 aliphatic heterocycles. The third-order valence-corrected chi connectivity index (χ3v) is 5.26. The number of hydrogen-bond donors (Lipinski definition) is 1. The monoisotopic (exact) mass is 458 g/mol. The van der Waals surface area contributed by atoms with Crippen molar-refractivity contribution in [1.29, 1.82) is 0 Å². The number of rotatable bonds is 6. The second kappa shape index (κ2) is 9.47. The quantitative estimate of drug-likeness (QED) is 0.386. The molecule has 34 heavy (non-hydrogen) atoms. The van der Waals surface area contributed by atoms with E-state index in [1.54, 1.807) is 35.3 Å². The Morgan fingerprint density at radius 1 is 1.03 bits per heavy atom. The number of aromatic nitrogens is 3. The first-order valence-corrected chi connectivity index (χ1v) is 11.0. The molecule has 0 saturated carbocycles. The third-order valence-electron chi connectivity index (χ3n) is 5.26. The van der Waals surface area contributed by atoms with Crippen molar-refractivity contribution in [2.24, 2.45) is 0 Å². The van der Waals surface area contributed by atoms with Gasteiger partial charge in [-0.25, -0.2) is 9.07 Å². The van der Waals surface area contributed by atoms with Crippen molar-refractivity contribution in [3.8, 4) is 17.2 Å². The summed E-state index contributed by atoms with van der Waals surface area (Å²) in [7, 11) is 0. The fourth-order valence-corrected chi connectivity index (χ4v) is 3.36. The summed E-state index contributed by atoms with van der Waals surface area (Å²) < 4.78 is 21.9. The minimum absolute atomic E-state index is 0.0103. The molecule has 0 atom stereocenters. The molecule has 0 spiro atoms. The van der Waals surface area contributed by atoms with Crippen molar-refractivity contribution in [1.82, 2.24) is 14.8 Å². The molecule has 174 valence electrons. The summed E-state index contributed by atoms with van der Waals surface area (Å²) in [4.78, 5) is 16.8. The minimum atomic E-state index is -0.540. The van der Waals surface area contributed by atoms with E-state index in [0.29, 0.717) is 17.1 Å². The van der Waals surface area contributed by atoms with Crippen molar-refractivity contribution in [2.45, 2.75) is 39.5 Å². The number of amides is 1. The van der Waals surface area contributed by atoms with Gasteiger partial charge in [-0.2, -0.15) is 5.10 Å². The molecule has 0 unspecified atom stereocenters. The first-order valence-electron chi connectivity index (χ1n) is 11.0. The van der Waals surface area contributed by atoms with Crippen LogP contribution in [-0.4, -0.2) is 20.7 Å². The molecule has 1 N–H and O–H groups in total. The number of ether oxygens (including phenoxy) is 1. The first-order chi connectivity index (χ1) is 16.2. The molecule has 1 amide bonds. The fourth-order valence-electron chi connectivity index (χ4n) is 3.36. The molecule has 0 radical (unpaired) electrons. The van der Waals surface area contributed by atoms with Crippen LogP contribution in [-0.2, 0) is 16.6 Å². The van der Waals surface area contributed by atoms with Crippen LogP contribution in [0, 0.1) is 12.7 Å². The Labute approximate surface area is 198 Å². The van der Waals surface area contributed by atoms with Gasteiger partial charge in [-0.15, -0.1) is 0 Å². The Morgan fingerprint density at radius 2 is 1.74 bits per heavy atom. The summed E-state index contributed by atoms with van der Waals surface area (Å²) in [5, 5.41) is 7.67. The predicted molar refractivity (Wildman–Crippen MR) is 130 cm³/mol. The topological polar surface area (TPSA) is 69.0 Å². The predicted octanol–water partition coefficient (Wildman–Crippen LogP) is 5.99. The zero-order valence-electron chi connectivity index (χ0n) is 19.7. The minimum Gasteiger partial charge on any atom is -0.454 e. The zero-order valence-corrected chi connectivity index (χ0v) is 19.7. The SMILES string of the molecule is Cc1ccc(-n2nc(C(C)(C)C)cc2NC(=O)Cc2ccc(Oc3ccncc3)c(F)c2)cc1. The van der Waals surface area contributed by atoms with E-state index in [4.69, 9.17) is 9.84 Å². The van der Waals surface area contributed by atoms with Crippen LogP contribution >= 0.6 is 0 Å². The maximum atomic E-state index is 14.6. The maximum absolute atomic E-state index is 14.6. The molecule has 0 aliphatic carbocycles. The van der Waals surface area contributed by atoms with Gasteiger partial charge in [0, 0.05) is 23.9 Å². The molecule has 2 heterocycles. The molecule has 7 heteroatoms. The van der Waals surface area contributed by atoms with Crippen molar-refractivity contribution in [3.63, 3.8) is 0 Å². The highest BCUT2D eigenvalue weighted by Crippen LogP contribution is 2.27. The lowest BCUT2D eigenvalue weighted by Gasteiger charge is -2.14. The lowest BCUT2D eigenvalue weighted by atomic mass is 9.92. The Balaban J connectivity index is 1.52. The van der Waals surface area contributed by atoms with Crippen LogP contribution in [0.2, 0.25) is 0 Å². The third kappa shape index (κ3) is 5.49. The van der Waals surface area contributed by atoms with Crippen LogP contribution in [0.1, 0.15) is 37.6 Å². The van der Waals surface area contributed by atoms with Gasteiger partial charge in [-0.1, -0.05) is 44.5 Å². The molecule has 2 aromatic heterocycles. The van der Waals surface area contributed by atoms with Crippen molar-refractivity contribution in [2.75, 3.05) is 5.32 Å². The normalized spacial score (nSPS) is 11.3. The number of carbonyl (C=O) groups excluding carboxylic acids is 1. The van der Waals surface area contributed by atoms with Gasteiger partial charge < -0.3 is 10.1 Å². The van der Waals surface area contributed by atoms with E-state index in [-0.39, 0.29) is 23.5 Å². The Hall–Kier alpha value is -4.00. The summed E-state index contributed by atoms with van der Waals surface area (Å²) in [6, 6.07) is 17.6. The standard InChI is InChI=1S/C27H27FN4O2/c1-18-5-8-20(9-6-18)32-25(17-24(31-32)27(2,3)4)30-26(33)16-19-7-10-23(22(28)15-19)34-21-11-13-29-14-12-21/h5-15,17H,16H2,1-4H3,(H,30,33). The van der Waals surface area contributed by atoms with Crippen LogP contribution < -0.4 is 10.1 Å². The van der Waals surface area contributed by atoms with Gasteiger partial charge >= 0.3 is 0 Å². The van der Waals surface area contributed by atoms with E-state index < -0.39 is 5.82 Å². The first kappa shape index (κ1) is 23.2. The van der Waals surface area contributed by atoms with E-state index >= 15 is 0 Å². The van der Waals surface area contributed by atoms with E-state index in [2.05, 4.69) is 31.1 Å². The molecular formula is C27H27FN4O2. The second-order valence-electron chi connectivity index (χ2n) is 9.19. The van der Waals surface area contributed by atoms with Gasteiger partial charge in [-0.3, -0.25) is 9.78 Å². The zero-order chi connectivity index (χ0) is 24.3. The number of nitrogens with zero attached hydrogens (tertiary/aromatic N) is 3. The lowest BCUT2D eigenvalue weighted by molar-refractivity contribution is -0.115. The van der Waals surface area contributed by atoms with E-state index in [0.717, 1.165) is 16.9 Å². The Kier molecular flexibility index (Phi) is 6.45. The van der Waals surface area contributed by atoms with Crippen LogP contribution in [0.3, 0.4) is 0 Å². The fraction of sp³-hybridized carbons (Fsp3) is 0.222. The molecule has 0 aliphatic rings. The van der Waals surface area contributed by atoms with Crippen LogP contribution in [0.4, 0.5) is 10.2 Å². The molecular weight excluding hydrogens is 431 g/mol. The van der Waals surface area contributed by atoms with E-state index in [9.17, 15) is 9.18 Å². The number of nitrogens with one attached hydrogen (secondary N) is 1. The summed E-state index contributed by atoms with van der Waals surface area (Å²) in [6.45, 7) is 8.22. The number of hydrogen-bond acceptors (Lipinski definition) is 4. The summed E-state index contributed by atoms with van der Waals surface area (Å²) in [5.74, 6) is 0.329. The molecule has 4 rings (SSSR count). The Morgan fingerprint density at radius 3 is 2.38 bits per heavy atom. The highest BCUT2D eigenvalue weighted by molar-refractivity contribution is 5.91. The Bertz CT molecular complexity index is 1290. The largest absolute Gasteiger partial charge is 0.454 e. The highest BCUT2D eigenvalue weighted by atomic mass is 19.1. The molecule has 0 bridgehead atoms. The average molecular weight is 459 g/mol. The maximum Gasteiger partial charge on any atom is 0.229 e. The number of halogens is 1. The van der Waals surface area contributed by atoms with Crippen molar-refractivity contribution < 1.29 is 13.9 Å². The molecule has 4 aromatic rings. The van der Waals surface area contributed by atoms with Gasteiger partial charge in [0.2, 0.25) is 5.91 Å². The van der Waals surface area contributed by atoms with Crippen molar-refractivity contribution in [3.05, 3.63) is 95.7 Å². The molecule has 6 nitrogen and oxygen atoms in total. The summed E-state index contributed by atoms with van der Waals surface area (Å²) in [6.07, 6.45) is 3.15. The number of anilines is 1. The summed E-state index contributed by atoms with van der Waals surface area (Å²) >= 11 is 0. The van der Waals surface area contributed by atoms with Gasteiger partial charge in [-0.05, 0) is 48.9 Å². The molecule has 0 saturated heterocycles. The van der Waals surface area contributed by atoms with Crippen LogP contribution in [0.5, 0.6) is 11.5 Å². The average Bonchev–Trinajstić information content (AvgIpc) is 3.21. The number of aryl methyl sites for hydroxylation is 1. The lowest BCUT2D eigenvalue weighted by Crippen LogP contribution is -2.17. The second-order valence-corrected chi connectivity index (χ2v) is 9.19. The number of benzene rings is 2. The summed E-state index contributed by atoms with van der Waals surface area (Å²) in [5.41, 5.74) is 3.18. The van der Waals surface area contributed by atoms with E-state index in [1.165, 1.54) is 12.1 Å². The number of pyridine rings is 1. The smallest absolute Gasteiger partial charge is 0.229 e.